The molecule has 8 nitrogen and oxygen atoms in total. The summed E-state index contributed by atoms with van der Waals surface area (Å²) in [7, 11) is 5.72. The van der Waals surface area contributed by atoms with Crippen LogP contribution in [0.15, 0.2) is 0 Å². The topological polar surface area (TPSA) is 94.5 Å². The van der Waals surface area contributed by atoms with Gasteiger partial charge in [-0.1, -0.05) is 0 Å². The summed E-state index contributed by atoms with van der Waals surface area (Å²) < 4.78 is 8.99. The molecule has 0 fully saturated rings. The van der Waals surface area contributed by atoms with Gasteiger partial charge >= 0.3 is 11.9 Å². The molecule has 0 radical (unpaired) electrons. The van der Waals surface area contributed by atoms with Crippen LogP contribution in [0.1, 0.15) is 21.1 Å². The summed E-state index contributed by atoms with van der Waals surface area (Å²) >= 11 is 0. The predicted octanol–water partition coefficient (Wildman–Crippen LogP) is -0.489. The second-order valence-corrected chi connectivity index (χ2v) is 3.19. The van der Waals surface area contributed by atoms with Gasteiger partial charge in [0.05, 0.1) is 14.2 Å². The summed E-state index contributed by atoms with van der Waals surface area (Å²) in [5, 5.41) is 7.11. The molecule has 0 spiro atoms. The third kappa shape index (κ3) is 2.65. The number of hydrogen-bond acceptors (Lipinski definition) is 8. The van der Waals surface area contributed by atoms with Gasteiger partial charge in [-0.25, -0.2) is 14.6 Å². The molecule has 92 valence electrons. The number of hydrogen-bond donors (Lipinski definition) is 0. The minimum atomic E-state index is -0.725. The molecule has 8 heteroatoms. The van der Waals surface area contributed by atoms with E-state index in [0.29, 0.717) is 0 Å². The SMILES string of the molecule is COC(=O)c1nnc(C(=O)OC)c(N(C)C)n1. The number of rotatable bonds is 3. The monoisotopic (exact) mass is 240 g/mol. The summed E-state index contributed by atoms with van der Waals surface area (Å²) in [6, 6.07) is 0. The van der Waals surface area contributed by atoms with Gasteiger partial charge in [-0.15, -0.1) is 10.2 Å². The minimum absolute atomic E-state index is 0.0647. The van der Waals surface area contributed by atoms with Crippen LogP contribution in [-0.2, 0) is 9.47 Å². The summed E-state index contributed by atoms with van der Waals surface area (Å²) in [6.45, 7) is 0. The van der Waals surface area contributed by atoms with Crippen LogP contribution in [-0.4, -0.2) is 55.4 Å². The molecule has 0 saturated carbocycles. The number of aromatic nitrogens is 3. The minimum Gasteiger partial charge on any atom is -0.464 e. The molecule has 0 amide bonds. The highest BCUT2D eigenvalue weighted by Crippen LogP contribution is 2.13. The average molecular weight is 240 g/mol. The van der Waals surface area contributed by atoms with E-state index in [2.05, 4.69) is 24.7 Å². The van der Waals surface area contributed by atoms with Crippen molar-refractivity contribution in [2.24, 2.45) is 0 Å². The van der Waals surface area contributed by atoms with E-state index in [1.54, 1.807) is 14.1 Å². The van der Waals surface area contributed by atoms with Crippen molar-refractivity contribution in [1.29, 1.82) is 0 Å². The number of methoxy groups -OCH3 is 2. The zero-order valence-electron chi connectivity index (χ0n) is 9.92. The van der Waals surface area contributed by atoms with E-state index in [9.17, 15) is 9.59 Å². The van der Waals surface area contributed by atoms with Crippen molar-refractivity contribution in [2.45, 2.75) is 0 Å². The molecule has 0 saturated heterocycles. The normalized spacial score (nSPS) is 9.65. The van der Waals surface area contributed by atoms with E-state index < -0.39 is 11.9 Å². The maximum Gasteiger partial charge on any atom is 0.378 e. The van der Waals surface area contributed by atoms with Gasteiger partial charge in [-0.3, -0.25) is 0 Å². The van der Waals surface area contributed by atoms with Gasteiger partial charge in [0, 0.05) is 14.1 Å². The molecule has 1 rings (SSSR count). The van der Waals surface area contributed by atoms with Crippen LogP contribution in [0.3, 0.4) is 0 Å². The fourth-order valence-corrected chi connectivity index (χ4v) is 1.04. The zero-order valence-corrected chi connectivity index (χ0v) is 9.92. The Morgan fingerprint density at radius 1 is 1.06 bits per heavy atom. The molecule has 0 aliphatic heterocycles. The molecule has 17 heavy (non-hydrogen) atoms. The van der Waals surface area contributed by atoms with Crippen molar-refractivity contribution in [2.75, 3.05) is 33.2 Å². The molecular formula is C9H12N4O4. The Hall–Kier alpha value is -2.25. The van der Waals surface area contributed by atoms with E-state index in [1.165, 1.54) is 19.1 Å². The van der Waals surface area contributed by atoms with Crippen LogP contribution in [0.4, 0.5) is 5.82 Å². The molecule has 0 aromatic carbocycles. The summed E-state index contributed by atoms with van der Waals surface area (Å²) in [5.41, 5.74) is -0.0647. The van der Waals surface area contributed by atoms with E-state index in [-0.39, 0.29) is 17.3 Å². The zero-order chi connectivity index (χ0) is 13.0. The third-order valence-electron chi connectivity index (χ3n) is 1.84. The summed E-state index contributed by atoms with van der Waals surface area (Å²) in [6.07, 6.45) is 0. The first-order valence-corrected chi connectivity index (χ1v) is 4.60. The average Bonchev–Trinajstić information content (AvgIpc) is 2.35. The molecule has 0 atom stereocenters. The van der Waals surface area contributed by atoms with Crippen LogP contribution < -0.4 is 4.90 Å². The third-order valence-corrected chi connectivity index (χ3v) is 1.84. The number of anilines is 1. The van der Waals surface area contributed by atoms with Crippen molar-refractivity contribution in [3.63, 3.8) is 0 Å². The van der Waals surface area contributed by atoms with Crippen LogP contribution in [0.5, 0.6) is 0 Å². The van der Waals surface area contributed by atoms with Crippen LogP contribution in [0.25, 0.3) is 0 Å². The van der Waals surface area contributed by atoms with Crippen molar-refractivity contribution in [3.8, 4) is 0 Å². The first kappa shape index (κ1) is 12.8. The lowest BCUT2D eigenvalue weighted by molar-refractivity contribution is 0.0568. The lowest BCUT2D eigenvalue weighted by Crippen LogP contribution is -2.22. The predicted molar refractivity (Wildman–Crippen MR) is 56.8 cm³/mol. The van der Waals surface area contributed by atoms with Crippen molar-refractivity contribution in [3.05, 3.63) is 11.5 Å². The van der Waals surface area contributed by atoms with E-state index in [0.717, 1.165) is 0 Å². The van der Waals surface area contributed by atoms with E-state index in [1.807, 2.05) is 0 Å². The Balaban J connectivity index is 3.26. The number of esters is 2. The molecule has 0 aliphatic carbocycles. The second-order valence-electron chi connectivity index (χ2n) is 3.19. The Labute approximate surface area is 97.6 Å². The van der Waals surface area contributed by atoms with Gasteiger partial charge in [-0.05, 0) is 0 Å². The molecule has 0 N–H and O–H groups in total. The number of carbonyl (C=O) groups is 2. The van der Waals surface area contributed by atoms with Gasteiger partial charge in [0.2, 0.25) is 5.69 Å². The number of ether oxygens (including phenoxy) is 2. The highest BCUT2D eigenvalue weighted by molar-refractivity contribution is 5.93. The van der Waals surface area contributed by atoms with E-state index in [4.69, 9.17) is 0 Å². The lowest BCUT2D eigenvalue weighted by atomic mass is 10.4. The van der Waals surface area contributed by atoms with Crippen LogP contribution in [0, 0.1) is 0 Å². The van der Waals surface area contributed by atoms with Gasteiger partial charge in [0.25, 0.3) is 5.82 Å². The van der Waals surface area contributed by atoms with E-state index >= 15 is 0 Å². The Kier molecular flexibility index (Phi) is 3.91. The maximum atomic E-state index is 11.4. The first-order valence-electron chi connectivity index (χ1n) is 4.60. The quantitative estimate of drug-likeness (QED) is 0.653. The molecule has 1 aromatic heterocycles. The van der Waals surface area contributed by atoms with Crippen LogP contribution in [0.2, 0.25) is 0 Å². The largest absolute Gasteiger partial charge is 0.464 e. The molecular weight excluding hydrogens is 228 g/mol. The van der Waals surface area contributed by atoms with Gasteiger partial charge < -0.3 is 14.4 Å². The molecule has 1 heterocycles. The molecule has 0 aliphatic rings. The van der Waals surface area contributed by atoms with Crippen LogP contribution >= 0.6 is 0 Å². The maximum absolute atomic E-state index is 11.4. The summed E-state index contributed by atoms with van der Waals surface area (Å²) in [4.78, 5) is 28.0. The van der Waals surface area contributed by atoms with Crippen molar-refractivity contribution < 1.29 is 19.1 Å². The smallest absolute Gasteiger partial charge is 0.378 e. The summed E-state index contributed by atoms with van der Waals surface area (Å²) in [5.74, 6) is -1.43. The highest BCUT2D eigenvalue weighted by atomic mass is 16.5. The Morgan fingerprint density at radius 2 is 1.65 bits per heavy atom. The fourth-order valence-electron chi connectivity index (χ4n) is 1.04. The van der Waals surface area contributed by atoms with Gasteiger partial charge in [0.15, 0.2) is 5.82 Å². The Morgan fingerprint density at radius 3 is 2.12 bits per heavy atom. The Bertz CT molecular complexity index is 447. The fraction of sp³-hybridized carbons (Fsp3) is 0.444. The second kappa shape index (κ2) is 5.19. The standard InChI is InChI=1S/C9H12N4O4/c1-13(2)7-5(8(14)16-3)11-12-6(10-7)9(15)17-4/h1-4H3. The molecule has 1 aromatic rings. The molecule has 0 bridgehead atoms. The van der Waals surface area contributed by atoms with Crippen molar-refractivity contribution in [1.82, 2.24) is 15.2 Å². The first-order chi connectivity index (χ1) is 8.01. The van der Waals surface area contributed by atoms with Crippen molar-refractivity contribution >= 4 is 17.8 Å². The molecule has 0 unspecified atom stereocenters. The van der Waals surface area contributed by atoms with Gasteiger partial charge in [-0.2, -0.15) is 0 Å². The van der Waals surface area contributed by atoms with Gasteiger partial charge in [0.1, 0.15) is 0 Å². The highest BCUT2D eigenvalue weighted by Gasteiger charge is 2.21. The number of nitrogens with zero attached hydrogens (tertiary/aromatic N) is 4. The lowest BCUT2D eigenvalue weighted by Gasteiger charge is -2.13. The number of carbonyl (C=O) groups excluding carboxylic acids is 2.